The highest BCUT2D eigenvalue weighted by Gasteiger charge is 2.19. The molecule has 5 aromatic rings. The summed E-state index contributed by atoms with van der Waals surface area (Å²) in [5, 5.41) is 11.7. The molecular formula is C24H22N4OS2. The largest absolute Gasteiger partial charge is 0.275 e. The molecule has 0 amide bonds. The lowest BCUT2D eigenvalue weighted by atomic mass is 10.0. The van der Waals surface area contributed by atoms with Crippen LogP contribution in [0.1, 0.15) is 29.5 Å². The number of fused-ring (bicyclic) bond motifs is 3. The van der Waals surface area contributed by atoms with E-state index in [4.69, 9.17) is 0 Å². The maximum Gasteiger partial charge on any atom is 0.272 e. The van der Waals surface area contributed by atoms with Gasteiger partial charge >= 0.3 is 0 Å². The highest BCUT2D eigenvalue weighted by atomic mass is 32.2. The fraction of sp³-hybridized carbons (Fsp3) is 0.208. The third kappa shape index (κ3) is 3.68. The zero-order valence-electron chi connectivity index (χ0n) is 17.4. The summed E-state index contributed by atoms with van der Waals surface area (Å²) in [6, 6.07) is 20.6. The van der Waals surface area contributed by atoms with Gasteiger partial charge in [-0.25, -0.2) is 0 Å². The van der Waals surface area contributed by atoms with E-state index < -0.39 is 0 Å². The zero-order chi connectivity index (χ0) is 21.4. The van der Waals surface area contributed by atoms with E-state index in [-0.39, 0.29) is 11.5 Å². The van der Waals surface area contributed by atoms with Crippen LogP contribution in [0.4, 0.5) is 0 Å². The van der Waals surface area contributed by atoms with Gasteiger partial charge in [-0.05, 0) is 41.0 Å². The van der Waals surface area contributed by atoms with E-state index in [0.717, 1.165) is 21.1 Å². The van der Waals surface area contributed by atoms with E-state index in [1.54, 1.807) is 16.3 Å². The molecule has 5 rings (SSSR count). The lowest BCUT2D eigenvalue weighted by Crippen LogP contribution is -2.24. The maximum atomic E-state index is 13.3. The molecule has 31 heavy (non-hydrogen) atoms. The highest BCUT2D eigenvalue weighted by Crippen LogP contribution is 2.28. The van der Waals surface area contributed by atoms with Gasteiger partial charge in [0.25, 0.3) is 5.56 Å². The van der Waals surface area contributed by atoms with Crippen LogP contribution in [0.5, 0.6) is 0 Å². The van der Waals surface area contributed by atoms with Crippen LogP contribution in [0, 0.1) is 6.92 Å². The second kappa shape index (κ2) is 8.32. The summed E-state index contributed by atoms with van der Waals surface area (Å²) < 4.78 is 4.56. The van der Waals surface area contributed by atoms with Crippen LogP contribution in [0.2, 0.25) is 0 Å². The van der Waals surface area contributed by atoms with Crippen LogP contribution in [0.25, 0.3) is 16.0 Å². The number of rotatable bonds is 6. The molecule has 156 valence electrons. The fourth-order valence-corrected chi connectivity index (χ4v) is 5.67. The molecule has 3 aromatic heterocycles. The Morgan fingerprint density at radius 2 is 1.81 bits per heavy atom. The second-order valence-electron chi connectivity index (χ2n) is 7.70. The van der Waals surface area contributed by atoms with Gasteiger partial charge in [-0.1, -0.05) is 73.3 Å². The van der Waals surface area contributed by atoms with E-state index >= 15 is 0 Å². The van der Waals surface area contributed by atoms with E-state index in [9.17, 15) is 4.79 Å². The first-order chi connectivity index (χ1) is 15.1. The lowest BCUT2D eigenvalue weighted by Gasteiger charge is -2.15. The first-order valence-corrected chi connectivity index (χ1v) is 12.1. The van der Waals surface area contributed by atoms with Crippen LogP contribution < -0.4 is 5.56 Å². The molecule has 5 nitrogen and oxygen atoms in total. The average molecular weight is 447 g/mol. The summed E-state index contributed by atoms with van der Waals surface area (Å²) in [5.41, 5.74) is 4.62. The molecule has 2 aromatic carbocycles. The minimum atomic E-state index is 0.00290. The number of nitrogens with zero attached hydrogens (tertiary/aromatic N) is 4. The zero-order valence-corrected chi connectivity index (χ0v) is 19.0. The molecule has 0 aliphatic heterocycles. The van der Waals surface area contributed by atoms with Gasteiger partial charge in [0.15, 0.2) is 5.16 Å². The van der Waals surface area contributed by atoms with Gasteiger partial charge in [-0.3, -0.25) is 13.8 Å². The summed E-state index contributed by atoms with van der Waals surface area (Å²) in [4.78, 5) is 13.3. The molecule has 0 bridgehead atoms. The molecule has 0 aliphatic carbocycles. The Kier molecular flexibility index (Phi) is 5.38. The first-order valence-electron chi connectivity index (χ1n) is 10.2. The summed E-state index contributed by atoms with van der Waals surface area (Å²) >= 11 is 3.13. The number of aryl methyl sites for hydroxylation is 1. The topological polar surface area (TPSA) is 52.2 Å². The van der Waals surface area contributed by atoms with Crippen LogP contribution >= 0.6 is 23.1 Å². The number of hydrogen-bond donors (Lipinski definition) is 0. The number of thioether (sulfide) groups is 1. The predicted octanol–water partition coefficient (Wildman–Crippen LogP) is 5.51. The summed E-state index contributed by atoms with van der Waals surface area (Å²) in [5.74, 6) is 1.59. The molecule has 0 N–H and O–H groups in total. The van der Waals surface area contributed by atoms with Crippen LogP contribution in [-0.2, 0) is 12.3 Å². The minimum Gasteiger partial charge on any atom is -0.275 e. The van der Waals surface area contributed by atoms with E-state index in [1.807, 2.05) is 34.0 Å². The van der Waals surface area contributed by atoms with Crippen LogP contribution in [-0.4, -0.2) is 19.2 Å². The van der Waals surface area contributed by atoms with Crippen molar-refractivity contribution < 1.29 is 0 Å². The predicted molar refractivity (Wildman–Crippen MR) is 128 cm³/mol. The van der Waals surface area contributed by atoms with Crippen molar-refractivity contribution in [3.63, 3.8) is 0 Å². The average Bonchev–Trinajstić information content (AvgIpc) is 3.44. The van der Waals surface area contributed by atoms with Gasteiger partial charge in [0.05, 0.1) is 5.52 Å². The van der Waals surface area contributed by atoms with Gasteiger partial charge in [0, 0.05) is 12.3 Å². The molecule has 0 saturated carbocycles. The van der Waals surface area contributed by atoms with E-state index in [1.165, 1.54) is 28.0 Å². The van der Waals surface area contributed by atoms with Crippen molar-refractivity contribution in [2.24, 2.45) is 0 Å². The Morgan fingerprint density at radius 3 is 2.61 bits per heavy atom. The first kappa shape index (κ1) is 20.0. The number of thiophene rings is 1. The smallest absolute Gasteiger partial charge is 0.272 e. The minimum absolute atomic E-state index is 0.00290. The molecule has 0 spiro atoms. The van der Waals surface area contributed by atoms with Crippen molar-refractivity contribution >= 4 is 39.1 Å². The third-order valence-corrected chi connectivity index (χ3v) is 7.49. The third-order valence-electron chi connectivity index (χ3n) is 5.63. The fourth-order valence-electron chi connectivity index (χ4n) is 3.83. The number of hydrogen-bond acceptors (Lipinski definition) is 5. The Labute approximate surface area is 188 Å². The Morgan fingerprint density at radius 1 is 1.03 bits per heavy atom. The molecule has 7 heteroatoms. The van der Waals surface area contributed by atoms with Crippen molar-refractivity contribution in [3.05, 3.63) is 93.1 Å². The number of aromatic nitrogens is 4. The summed E-state index contributed by atoms with van der Waals surface area (Å²) in [6.07, 6.45) is 0. The molecular weight excluding hydrogens is 424 g/mol. The lowest BCUT2D eigenvalue weighted by molar-refractivity contribution is 0.588. The van der Waals surface area contributed by atoms with Crippen molar-refractivity contribution in [1.29, 1.82) is 0 Å². The standard InChI is InChI=1S/C24H22N4OS2/c1-16-8-6-7-11-19(16)15-31-24-26-25-23-27(14-17(2)18-9-4-3-5-10-18)22(29)21-20(28(23)24)12-13-30-21/h3-13,17H,14-15H2,1-2H3/t17-/m0/s1. The van der Waals surface area contributed by atoms with Crippen molar-refractivity contribution in [2.45, 2.75) is 37.2 Å². The normalized spacial score (nSPS) is 12.6. The summed E-state index contributed by atoms with van der Waals surface area (Å²) in [7, 11) is 0. The van der Waals surface area contributed by atoms with Gasteiger partial charge in [0.1, 0.15) is 4.70 Å². The van der Waals surface area contributed by atoms with Crippen molar-refractivity contribution in [3.8, 4) is 0 Å². The molecule has 1 atom stereocenters. The highest BCUT2D eigenvalue weighted by molar-refractivity contribution is 7.98. The molecule has 3 heterocycles. The molecule has 0 fully saturated rings. The van der Waals surface area contributed by atoms with E-state index in [0.29, 0.717) is 12.3 Å². The van der Waals surface area contributed by atoms with Gasteiger partial charge in [-0.15, -0.1) is 21.5 Å². The molecule has 0 unspecified atom stereocenters. The van der Waals surface area contributed by atoms with Crippen LogP contribution in [0.3, 0.4) is 0 Å². The van der Waals surface area contributed by atoms with Crippen molar-refractivity contribution in [2.75, 3.05) is 0 Å². The van der Waals surface area contributed by atoms with Gasteiger partial charge < -0.3 is 0 Å². The van der Waals surface area contributed by atoms with Crippen LogP contribution in [0.15, 0.2) is 76.0 Å². The van der Waals surface area contributed by atoms with E-state index in [2.05, 4.69) is 60.4 Å². The molecule has 0 radical (unpaired) electrons. The Balaban J connectivity index is 1.57. The molecule has 0 aliphatic rings. The number of benzene rings is 2. The van der Waals surface area contributed by atoms with Gasteiger partial charge in [0.2, 0.25) is 5.78 Å². The SMILES string of the molecule is Cc1ccccc1CSc1nnc2n(C[C@H](C)c3ccccc3)c(=O)c3sccc3n12. The van der Waals surface area contributed by atoms with Crippen molar-refractivity contribution in [1.82, 2.24) is 19.2 Å². The summed E-state index contributed by atoms with van der Waals surface area (Å²) in [6.45, 7) is 4.82. The van der Waals surface area contributed by atoms with Gasteiger partial charge in [-0.2, -0.15) is 0 Å². The second-order valence-corrected chi connectivity index (χ2v) is 9.55. The monoisotopic (exact) mass is 446 g/mol. The Bertz CT molecular complexity index is 1420. The maximum absolute atomic E-state index is 13.3. The quantitative estimate of drug-likeness (QED) is 0.323. The molecule has 0 saturated heterocycles. The Hall–Kier alpha value is -2.90.